The fourth-order valence-electron chi connectivity index (χ4n) is 1.50. The number of urea groups is 1. The quantitative estimate of drug-likeness (QED) is 0.630. The van der Waals surface area contributed by atoms with Gasteiger partial charge in [-0.1, -0.05) is 0 Å². The maximum Gasteiger partial charge on any atom is 0.406 e. The predicted molar refractivity (Wildman–Crippen MR) is 64.4 cm³/mol. The van der Waals surface area contributed by atoms with E-state index in [0.29, 0.717) is 0 Å². The summed E-state index contributed by atoms with van der Waals surface area (Å²) >= 11 is 0. The Morgan fingerprint density at radius 1 is 1.24 bits per heavy atom. The Labute approximate surface area is 118 Å². The van der Waals surface area contributed by atoms with Crippen LogP contribution in [0.1, 0.15) is 19.3 Å². The standard InChI is InChI=1S/C11H16F3N3O4/c12-11(13,14)6-17(5-9(19)20)10(21)15-4-3-8(18)16-7-1-2-7/h7H,1-6H2,(H,15,21)(H,16,18)(H,19,20). The van der Waals surface area contributed by atoms with Crippen molar-refractivity contribution in [2.75, 3.05) is 19.6 Å². The molecule has 0 spiro atoms. The summed E-state index contributed by atoms with van der Waals surface area (Å²) < 4.78 is 36.7. The van der Waals surface area contributed by atoms with Crippen LogP contribution in [-0.2, 0) is 9.59 Å². The molecule has 0 heterocycles. The van der Waals surface area contributed by atoms with Crippen molar-refractivity contribution >= 4 is 17.9 Å². The van der Waals surface area contributed by atoms with Gasteiger partial charge in [-0.2, -0.15) is 13.2 Å². The molecule has 0 bridgehead atoms. The average molecular weight is 311 g/mol. The number of halogens is 3. The summed E-state index contributed by atoms with van der Waals surface area (Å²) in [7, 11) is 0. The molecule has 0 aromatic carbocycles. The van der Waals surface area contributed by atoms with Crippen LogP contribution in [-0.4, -0.2) is 59.8 Å². The van der Waals surface area contributed by atoms with Crippen LogP contribution in [0.2, 0.25) is 0 Å². The molecule has 3 amide bonds. The van der Waals surface area contributed by atoms with Gasteiger partial charge in [0.1, 0.15) is 13.1 Å². The Bertz CT molecular complexity index is 410. The van der Waals surface area contributed by atoms with Gasteiger partial charge in [0.25, 0.3) is 0 Å². The van der Waals surface area contributed by atoms with Crippen molar-refractivity contribution in [3.05, 3.63) is 0 Å². The Morgan fingerprint density at radius 2 is 1.86 bits per heavy atom. The molecule has 0 aromatic heterocycles. The maximum absolute atomic E-state index is 12.2. The van der Waals surface area contributed by atoms with Crippen LogP contribution < -0.4 is 10.6 Å². The topological polar surface area (TPSA) is 98.7 Å². The Hall–Kier alpha value is -2.00. The van der Waals surface area contributed by atoms with Gasteiger partial charge in [-0.25, -0.2) is 4.79 Å². The van der Waals surface area contributed by atoms with E-state index in [1.54, 1.807) is 0 Å². The van der Waals surface area contributed by atoms with Crippen LogP contribution in [0.5, 0.6) is 0 Å². The lowest BCUT2D eigenvalue weighted by Crippen LogP contribution is -2.47. The number of carboxylic acids is 1. The number of carbonyl (C=O) groups excluding carboxylic acids is 2. The number of hydrogen-bond acceptors (Lipinski definition) is 3. The molecule has 1 rings (SSSR count). The lowest BCUT2D eigenvalue weighted by molar-refractivity contribution is -0.149. The van der Waals surface area contributed by atoms with Gasteiger partial charge in [0.05, 0.1) is 0 Å². The summed E-state index contributed by atoms with van der Waals surface area (Å²) in [4.78, 5) is 33.4. The van der Waals surface area contributed by atoms with E-state index in [0.717, 1.165) is 12.8 Å². The number of nitrogens with one attached hydrogen (secondary N) is 2. The van der Waals surface area contributed by atoms with Crippen molar-refractivity contribution in [1.82, 2.24) is 15.5 Å². The monoisotopic (exact) mass is 311 g/mol. The molecule has 0 atom stereocenters. The van der Waals surface area contributed by atoms with Crippen LogP contribution >= 0.6 is 0 Å². The van der Waals surface area contributed by atoms with E-state index in [1.807, 2.05) is 0 Å². The number of aliphatic carboxylic acids is 1. The number of alkyl halides is 3. The van der Waals surface area contributed by atoms with Gasteiger partial charge in [-0.15, -0.1) is 0 Å². The molecule has 0 radical (unpaired) electrons. The van der Waals surface area contributed by atoms with E-state index in [2.05, 4.69) is 10.6 Å². The average Bonchev–Trinajstić information content (AvgIpc) is 3.09. The van der Waals surface area contributed by atoms with Gasteiger partial charge >= 0.3 is 18.2 Å². The van der Waals surface area contributed by atoms with Gasteiger partial charge in [0.2, 0.25) is 5.91 Å². The van der Waals surface area contributed by atoms with Crippen molar-refractivity contribution in [2.45, 2.75) is 31.5 Å². The first-order valence-electron chi connectivity index (χ1n) is 6.28. The molecule has 0 saturated heterocycles. The van der Waals surface area contributed by atoms with E-state index in [9.17, 15) is 27.6 Å². The van der Waals surface area contributed by atoms with Gasteiger partial charge in [0.15, 0.2) is 0 Å². The molecule has 120 valence electrons. The largest absolute Gasteiger partial charge is 0.480 e. The molecule has 3 N–H and O–H groups in total. The number of carbonyl (C=O) groups is 3. The van der Waals surface area contributed by atoms with Crippen molar-refractivity contribution in [1.29, 1.82) is 0 Å². The van der Waals surface area contributed by atoms with Crippen LogP contribution in [0.15, 0.2) is 0 Å². The first-order valence-corrected chi connectivity index (χ1v) is 6.28. The van der Waals surface area contributed by atoms with Gasteiger partial charge in [-0.05, 0) is 12.8 Å². The van der Waals surface area contributed by atoms with Crippen LogP contribution in [0.3, 0.4) is 0 Å². The zero-order valence-corrected chi connectivity index (χ0v) is 11.1. The SMILES string of the molecule is O=C(O)CN(CC(F)(F)F)C(=O)NCCC(=O)NC1CC1. The highest BCUT2D eigenvalue weighted by molar-refractivity contribution is 5.81. The predicted octanol–water partition coefficient (Wildman–Crippen LogP) is 0.314. The Balaban J connectivity index is 2.36. The molecule has 1 aliphatic carbocycles. The molecular formula is C11H16F3N3O4. The zero-order chi connectivity index (χ0) is 16.0. The third kappa shape index (κ3) is 8.00. The van der Waals surface area contributed by atoms with Crippen molar-refractivity contribution in [3.63, 3.8) is 0 Å². The molecule has 10 heteroatoms. The van der Waals surface area contributed by atoms with Gasteiger partial charge < -0.3 is 20.6 Å². The van der Waals surface area contributed by atoms with E-state index >= 15 is 0 Å². The molecule has 1 aliphatic rings. The Morgan fingerprint density at radius 3 is 2.33 bits per heavy atom. The van der Waals surface area contributed by atoms with Crippen molar-refractivity contribution < 1.29 is 32.7 Å². The van der Waals surface area contributed by atoms with Crippen LogP contribution in [0.4, 0.5) is 18.0 Å². The minimum atomic E-state index is -4.70. The highest BCUT2D eigenvalue weighted by Gasteiger charge is 2.34. The highest BCUT2D eigenvalue weighted by Crippen LogP contribution is 2.18. The second kappa shape index (κ2) is 7.14. The summed E-state index contributed by atoms with van der Waals surface area (Å²) in [6.07, 6.45) is -2.97. The lowest BCUT2D eigenvalue weighted by Gasteiger charge is -2.22. The van der Waals surface area contributed by atoms with E-state index in [-0.39, 0.29) is 29.8 Å². The maximum atomic E-state index is 12.2. The van der Waals surface area contributed by atoms with Gasteiger partial charge in [0, 0.05) is 19.0 Å². The smallest absolute Gasteiger partial charge is 0.406 e. The molecular weight excluding hydrogens is 295 g/mol. The fourth-order valence-corrected chi connectivity index (χ4v) is 1.50. The van der Waals surface area contributed by atoms with Crippen molar-refractivity contribution in [2.24, 2.45) is 0 Å². The summed E-state index contributed by atoms with van der Waals surface area (Å²) in [6.45, 7) is -2.90. The van der Waals surface area contributed by atoms with Crippen molar-refractivity contribution in [3.8, 4) is 0 Å². The number of nitrogens with zero attached hydrogens (tertiary/aromatic N) is 1. The van der Waals surface area contributed by atoms with Crippen LogP contribution in [0, 0.1) is 0 Å². The molecule has 7 nitrogen and oxygen atoms in total. The zero-order valence-electron chi connectivity index (χ0n) is 11.1. The second-order valence-corrected chi connectivity index (χ2v) is 4.69. The summed E-state index contributed by atoms with van der Waals surface area (Å²) in [5.41, 5.74) is 0. The normalized spacial score (nSPS) is 14.4. The summed E-state index contributed by atoms with van der Waals surface area (Å²) in [6, 6.07) is -1.02. The number of amides is 3. The summed E-state index contributed by atoms with van der Waals surface area (Å²) in [5, 5.41) is 13.2. The lowest BCUT2D eigenvalue weighted by atomic mass is 10.4. The third-order valence-electron chi connectivity index (χ3n) is 2.55. The highest BCUT2D eigenvalue weighted by atomic mass is 19.4. The first kappa shape index (κ1) is 17.1. The van der Waals surface area contributed by atoms with E-state index in [4.69, 9.17) is 5.11 Å². The minimum Gasteiger partial charge on any atom is -0.480 e. The molecule has 0 aliphatic heterocycles. The third-order valence-corrected chi connectivity index (χ3v) is 2.55. The summed E-state index contributed by atoms with van der Waals surface area (Å²) in [5.74, 6) is -1.86. The second-order valence-electron chi connectivity index (χ2n) is 4.69. The van der Waals surface area contributed by atoms with Crippen LogP contribution in [0.25, 0.3) is 0 Å². The van der Waals surface area contributed by atoms with E-state index in [1.165, 1.54) is 0 Å². The molecule has 21 heavy (non-hydrogen) atoms. The number of carboxylic acid groups (broad SMARTS) is 1. The fraction of sp³-hybridized carbons (Fsp3) is 0.727. The number of rotatable bonds is 7. The molecule has 0 unspecified atom stereocenters. The first-order chi connectivity index (χ1) is 9.67. The van der Waals surface area contributed by atoms with Gasteiger partial charge in [-0.3, -0.25) is 9.59 Å². The molecule has 0 aromatic rings. The molecule has 1 saturated carbocycles. The molecule has 1 fully saturated rings. The Kier molecular flexibility index (Phi) is 5.79. The number of hydrogen-bond donors (Lipinski definition) is 3. The minimum absolute atomic E-state index is 0.0742. The van der Waals surface area contributed by atoms with E-state index < -0.39 is 31.3 Å².